The van der Waals surface area contributed by atoms with Gasteiger partial charge in [-0.25, -0.2) is 0 Å². The SMILES string of the molecule is CC[C@@H](N)C(=O)Nc1cc(Cl)ccc1C#N. The molecule has 0 spiro atoms. The maximum absolute atomic E-state index is 11.5. The molecule has 1 atom stereocenters. The zero-order valence-electron chi connectivity index (χ0n) is 8.83. The molecule has 0 saturated heterocycles. The largest absolute Gasteiger partial charge is 0.323 e. The Morgan fingerprint density at radius 2 is 2.38 bits per heavy atom. The van der Waals surface area contributed by atoms with E-state index in [0.717, 1.165) is 0 Å². The molecule has 3 N–H and O–H groups in total. The maximum atomic E-state index is 11.5. The molecule has 84 valence electrons. The predicted molar refractivity (Wildman–Crippen MR) is 63.1 cm³/mol. The third-order valence-electron chi connectivity index (χ3n) is 2.14. The van der Waals surface area contributed by atoms with Crippen LogP contribution in [0.3, 0.4) is 0 Å². The highest BCUT2D eigenvalue weighted by molar-refractivity contribution is 6.31. The summed E-state index contributed by atoms with van der Waals surface area (Å²) in [5.41, 5.74) is 6.32. The van der Waals surface area contributed by atoms with Crippen molar-refractivity contribution in [1.82, 2.24) is 0 Å². The standard InChI is InChI=1S/C11H12ClN3O/c1-2-9(14)11(16)15-10-5-8(12)4-3-7(10)6-13/h3-5,9H,2,14H2,1H3,(H,15,16)/t9-/m1/s1. The van der Waals surface area contributed by atoms with Crippen LogP contribution in [0, 0.1) is 11.3 Å². The Bertz CT molecular complexity index is 439. The number of hydrogen-bond donors (Lipinski definition) is 2. The van der Waals surface area contributed by atoms with Crippen molar-refractivity contribution < 1.29 is 4.79 Å². The summed E-state index contributed by atoms with van der Waals surface area (Å²) in [5, 5.41) is 11.9. The monoisotopic (exact) mass is 237 g/mol. The summed E-state index contributed by atoms with van der Waals surface area (Å²) >= 11 is 5.78. The summed E-state index contributed by atoms with van der Waals surface area (Å²) < 4.78 is 0. The third-order valence-corrected chi connectivity index (χ3v) is 2.37. The number of amides is 1. The van der Waals surface area contributed by atoms with Crippen molar-refractivity contribution in [2.45, 2.75) is 19.4 Å². The second kappa shape index (κ2) is 5.50. The van der Waals surface area contributed by atoms with Gasteiger partial charge < -0.3 is 11.1 Å². The van der Waals surface area contributed by atoms with Crippen LogP contribution in [0.1, 0.15) is 18.9 Å². The van der Waals surface area contributed by atoms with Crippen molar-refractivity contribution in [2.75, 3.05) is 5.32 Å². The number of nitriles is 1. The van der Waals surface area contributed by atoms with Crippen LogP contribution in [-0.4, -0.2) is 11.9 Å². The van der Waals surface area contributed by atoms with Crippen molar-refractivity contribution >= 4 is 23.2 Å². The summed E-state index contributed by atoms with van der Waals surface area (Å²) in [6, 6.07) is 6.06. The van der Waals surface area contributed by atoms with Crippen LogP contribution in [-0.2, 0) is 4.79 Å². The number of nitrogens with two attached hydrogens (primary N) is 1. The Hall–Kier alpha value is -1.57. The lowest BCUT2D eigenvalue weighted by molar-refractivity contribution is -0.117. The second-order valence-electron chi connectivity index (χ2n) is 3.31. The van der Waals surface area contributed by atoms with Gasteiger partial charge in [0, 0.05) is 5.02 Å². The van der Waals surface area contributed by atoms with E-state index in [9.17, 15) is 4.79 Å². The first kappa shape index (κ1) is 12.5. The van der Waals surface area contributed by atoms with Gasteiger partial charge in [-0.1, -0.05) is 18.5 Å². The van der Waals surface area contributed by atoms with Gasteiger partial charge in [-0.15, -0.1) is 0 Å². The molecular formula is C11H12ClN3O. The Morgan fingerprint density at radius 1 is 1.69 bits per heavy atom. The molecule has 0 heterocycles. The first-order valence-corrected chi connectivity index (χ1v) is 5.22. The first-order valence-electron chi connectivity index (χ1n) is 4.84. The predicted octanol–water partition coefficient (Wildman–Crippen LogP) is 1.89. The van der Waals surface area contributed by atoms with E-state index in [0.29, 0.717) is 22.7 Å². The number of carbonyl (C=O) groups is 1. The summed E-state index contributed by atoms with van der Waals surface area (Å²) in [5.74, 6) is -0.318. The lowest BCUT2D eigenvalue weighted by atomic mass is 10.1. The minimum atomic E-state index is -0.578. The molecule has 1 aromatic rings. The van der Waals surface area contributed by atoms with Crippen LogP contribution in [0.25, 0.3) is 0 Å². The highest BCUT2D eigenvalue weighted by Crippen LogP contribution is 2.20. The van der Waals surface area contributed by atoms with Crippen molar-refractivity contribution in [2.24, 2.45) is 5.73 Å². The molecule has 1 rings (SSSR count). The van der Waals surface area contributed by atoms with E-state index < -0.39 is 6.04 Å². The van der Waals surface area contributed by atoms with Crippen LogP contribution in [0.15, 0.2) is 18.2 Å². The highest BCUT2D eigenvalue weighted by Gasteiger charge is 2.13. The van der Waals surface area contributed by atoms with Gasteiger partial charge in [-0.05, 0) is 24.6 Å². The number of benzene rings is 1. The molecule has 0 unspecified atom stereocenters. The molecule has 0 aromatic heterocycles. The molecule has 1 aromatic carbocycles. The molecule has 0 fully saturated rings. The van der Waals surface area contributed by atoms with E-state index in [1.165, 1.54) is 6.07 Å². The Kier molecular flexibility index (Phi) is 4.29. The first-order chi connectivity index (χ1) is 7.58. The quantitative estimate of drug-likeness (QED) is 0.843. The number of carbonyl (C=O) groups excluding carboxylic acids is 1. The van der Waals surface area contributed by atoms with Crippen molar-refractivity contribution in [3.63, 3.8) is 0 Å². The lowest BCUT2D eigenvalue weighted by Crippen LogP contribution is -2.35. The normalized spacial score (nSPS) is 11.6. The second-order valence-corrected chi connectivity index (χ2v) is 3.74. The van der Waals surface area contributed by atoms with Crippen LogP contribution in [0.2, 0.25) is 5.02 Å². The number of nitrogens with zero attached hydrogens (tertiary/aromatic N) is 1. The van der Waals surface area contributed by atoms with E-state index in [2.05, 4.69) is 5.32 Å². The highest BCUT2D eigenvalue weighted by atomic mass is 35.5. The average molecular weight is 238 g/mol. The molecule has 1 amide bonds. The van der Waals surface area contributed by atoms with Gasteiger partial charge in [0.15, 0.2) is 0 Å². The maximum Gasteiger partial charge on any atom is 0.241 e. The van der Waals surface area contributed by atoms with Crippen molar-refractivity contribution in [3.8, 4) is 6.07 Å². The van der Waals surface area contributed by atoms with E-state index >= 15 is 0 Å². The molecule has 16 heavy (non-hydrogen) atoms. The van der Waals surface area contributed by atoms with E-state index in [1.807, 2.05) is 13.0 Å². The molecule has 5 heteroatoms. The third kappa shape index (κ3) is 2.96. The zero-order valence-corrected chi connectivity index (χ0v) is 9.58. The zero-order chi connectivity index (χ0) is 12.1. The Balaban J connectivity index is 2.92. The molecule has 0 aliphatic heterocycles. The topological polar surface area (TPSA) is 78.9 Å². The minimum Gasteiger partial charge on any atom is -0.323 e. The number of nitrogens with one attached hydrogen (secondary N) is 1. The molecule has 0 saturated carbocycles. The number of rotatable bonds is 3. The minimum absolute atomic E-state index is 0.318. The fourth-order valence-corrected chi connectivity index (χ4v) is 1.30. The van der Waals surface area contributed by atoms with Crippen molar-refractivity contribution in [3.05, 3.63) is 28.8 Å². The van der Waals surface area contributed by atoms with Gasteiger partial charge in [0.05, 0.1) is 17.3 Å². The van der Waals surface area contributed by atoms with E-state index in [1.54, 1.807) is 12.1 Å². The molecule has 0 aliphatic rings. The van der Waals surface area contributed by atoms with Gasteiger partial charge in [0.25, 0.3) is 0 Å². The van der Waals surface area contributed by atoms with Crippen molar-refractivity contribution in [1.29, 1.82) is 5.26 Å². The molecule has 0 aliphatic carbocycles. The Labute approximate surface area is 99.0 Å². The molecule has 4 nitrogen and oxygen atoms in total. The lowest BCUT2D eigenvalue weighted by Gasteiger charge is -2.11. The molecule has 0 bridgehead atoms. The summed E-state index contributed by atoms with van der Waals surface area (Å²) in [6.07, 6.45) is 0.536. The number of anilines is 1. The van der Waals surface area contributed by atoms with Gasteiger partial charge in [-0.3, -0.25) is 4.79 Å². The number of halogens is 1. The van der Waals surface area contributed by atoms with Crippen LogP contribution in [0.4, 0.5) is 5.69 Å². The Morgan fingerprint density at radius 3 is 2.94 bits per heavy atom. The van der Waals surface area contributed by atoms with E-state index in [4.69, 9.17) is 22.6 Å². The van der Waals surface area contributed by atoms with Crippen LogP contribution >= 0.6 is 11.6 Å². The molecule has 0 radical (unpaired) electrons. The fraction of sp³-hybridized carbons (Fsp3) is 0.273. The smallest absolute Gasteiger partial charge is 0.241 e. The fourth-order valence-electron chi connectivity index (χ4n) is 1.13. The van der Waals surface area contributed by atoms with Gasteiger partial charge in [-0.2, -0.15) is 5.26 Å². The molecular weight excluding hydrogens is 226 g/mol. The van der Waals surface area contributed by atoms with Gasteiger partial charge in [0.2, 0.25) is 5.91 Å². The summed E-state index contributed by atoms with van der Waals surface area (Å²) in [7, 11) is 0. The van der Waals surface area contributed by atoms with Gasteiger partial charge in [0.1, 0.15) is 6.07 Å². The average Bonchev–Trinajstić information content (AvgIpc) is 2.28. The van der Waals surface area contributed by atoms with Crippen LogP contribution < -0.4 is 11.1 Å². The van der Waals surface area contributed by atoms with Crippen LogP contribution in [0.5, 0.6) is 0 Å². The summed E-state index contributed by atoms with van der Waals surface area (Å²) in [4.78, 5) is 11.5. The number of hydrogen-bond acceptors (Lipinski definition) is 3. The summed E-state index contributed by atoms with van der Waals surface area (Å²) in [6.45, 7) is 1.81. The van der Waals surface area contributed by atoms with E-state index in [-0.39, 0.29) is 5.91 Å². The van der Waals surface area contributed by atoms with Gasteiger partial charge >= 0.3 is 0 Å².